The Bertz CT molecular complexity index is 1280. The Labute approximate surface area is 321 Å². The molecule has 0 amide bonds. The standard InChI is InChI=1S/2C15H24O3.C15H24O2/c1-3-6-13(16)11-18-14-9-5-8-12(10-14)15(17)7-4-2;1-2-7-15(17)13-8-6-9-14(12-13)18-11-5-3-4-10-16;1-3-5-8-13-9-6-10-15(11-13)17-12-14(16)7-4-2/h5,8-10,13,15-17H,3-4,6-7,11H2,1-2H3;6,8-9,12,15-17H,2-5,7,10-11H2,1H3;6,9-11,14,16H,3-5,7-8,12H2,1-2H3. The molecule has 0 heterocycles. The summed E-state index contributed by atoms with van der Waals surface area (Å²) in [6, 6.07) is 23.3. The molecule has 8 nitrogen and oxygen atoms in total. The summed E-state index contributed by atoms with van der Waals surface area (Å²) in [7, 11) is 0. The smallest absolute Gasteiger partial charge is 0.119 e. The van der Waals surface area contributed by atoms with Gasteiger partial charge in [0, 0.05) is 6.61 Å². The highest BCUT2D eigenvalue weighted by atomic mass is 16.5. The quantitative estimate of drug-likeness (QED) is 0.0544. The Kier molecular flexibility index (Phi) is 28.2. The first kappa shape index (κ1) is 47.9. The number of aliphatic hydroxyl groups excluding tert-OH is 5. The molecule has 53 heavy (non-hydrogen) atoms. The van der Waals surface area contributed by atoms with Crippen molar-refractivity contribution in [2.45, 2.75) is 149 Å². The Balaban J connectivity index is 0.000000398. The van der Waals surface area contributed by atoms with E-state index in [0.29, 0.717) is 25.6 Å². The highest BCUT2D eigenvalue weighted by Gasteiger charge is 2.10. The van der Waals surface area contributed by atoms with Gasteiger partial charge in [0.15, 0.2) is 0 Å². The summed E-state index contributed by atoms with van der Waals surface area (Å²) in [5, 5.41) is 47.7. The number of aliphatic hydroxyl groups is 5. The van der Waals surface area contributed by atoms with E-state index in [2.05, 4.69) is 32.9 Å². The van der Waals surface area contributed by atoms with Gasteiger partial charge in [-0.3, -0.25) is 0 Å². The average Bonchev–Trinajstić information content (AvgIpc) is 3.17. The molecule has 0 bridgehead atoms. The van der Waals surface area contributed by atoms with Crippen molar-refractivity contribution in [3.05, 3.63) is 89.5 Å². The lowest BCUT2D eigenvalue weighted by atomic mass is 10.1. The second kappa shape index (κ2) is 31.2. The first-order valence-corrected chi connectivity index (χ1v) is 20.2. The monoisotopic (exact) mass is 741 g/mol. The maximum atomic E-state index is 9.90. The summed E-state index contributed by atoms with van der Waals surface area (Å²) in [5.41, 5.74) is 3.11. The molecule has 0 saturated heterocycles. The lowest BCUT2D eigenvalue weighted by molar-refractivity contribution is 0.0990. The van der Waals surface area contributed by atoms with Crippen LogP contribution in [0.4, 0.5) is 0 Å². The summed E-state index contributed by atoms with van der Waals surface area (Å²) in [6.45, 7) is 12.0. The number of aryl methyl sites for hydroxylation is 1. The SMILES string of the molecule is CCCC(O)COc1cccc(C(O)CCC)c1.CCCC(O)c1cccc(OCCCCCO)c1.CCCCc1cccc(OCC(O)CCC)c1. The van der Waals surface area contributed by atoms with E-state index in [1.807, 2.05) is 74.5 Å². The number of hydrogen-bond donors (Lipinski definition) is 5. The third-order valence-corrected chi connectivity index (χ3v) is 8.53. The minimum absolute atomic E-state index is 0.249. The third kappa shape index (κ3) is 23.3. The van der Waals surface area contributed by atoms with Crippen LogP contribution in [-0.4, -0.2) is 64.2 Å². The summed E-state index contributed by atoms with van der Waals surface area (Å²) < 4.78 is 16.7. The molecule has 3 aromatic rings. The van der Waals surface area contributed by atoms with Gasteiger partial charge in [-0.05, 0) is 111 Å². The molecule has 0 aromatic heterocycles. The van der Waals surface area contributed by atoms with Crippen molar-refractivity contribution in [3.63, 3.8) is 0 Å². The lowest BCUT2D eigenvalue weighted by Crippen LogP contribution is -2.17. The van der Waals surface area contributed by atoms with Gasteiger partial charge in [-0.15, -0.1) is 0 Å². The zero-order valence-electron chi connectivity index (χ0n) is 33.4. The topological polar surface area (TPSA) is 129 Å². The van der Waals surface area contributed by atoms with Crippen LogP contribution >= 0.6 is 0 Å². The first-order valence-electron chi connectivity index (χ1n) is 20.2. The lowest BCUT2D eigenvalue weighted by Gasteiger charge is -2.14. The molecule has 4 atom stereocenters. The van der Waals surface area contributed by atoms with Crippen LogP contribution in [0, 0.1) is 0 Å². The predicted octanol–water partition coefficient (Wildman–Crippen LogP) is 9.69. The molecule has 0 aliphatic heterocycles. The maximum Gasteiger partial charge on any atom is 0.119 e. The van der Waals surface area contributed by atoms with Crippen LogP contribution in [0.1, 0.15) is 147 Å². The number of rotatable bonds is 25. The van der Waals surface area contributed by atoms with Crippen LogP contribution in [-0.2, 0) is 6.42 Å². The van der Waals surface area contributed by atoms with E-state index in [1.54, 1.807) is 0 Å². The van der Waals surface area contributed by atoms with Gasteiger partial charge in [-0.2, -0.15) is 0 Å². The molecule has 300 valence electrons. The molecule has 0 aliphatic rings. The minimum Gasteiger partial charge on any atom is -0.494 e. The normalized spacial score (nSPS) is 13.0. The number of ether oxygens (including phenoxy) is 3. The van der Waals surface area contributed by atoms with Crippen LogP contribution in [0.5, 0.6) is 17.2 Å². The van der Waals surface area contributed by atoms with Gasteiger partial charge in [0.05, 0.1) is 31.0 Å². The molecule has 0 fully saturated rings. The summed E-state index contributed by atoms with van der Waals surface area (Å²) in [6.07, 6.45) is 11.6. The molecule has 0 aliphatic carbocycles. The molecule has 3 rings (SSSR count). The largest absolute Gasteiger partial charge is 0.494 e. The summed E-state index contributed by atoms with van der Waals surface area (Å²) >= 11 is 0. The van der Waals surface area contributed by atoms with E-state index in [4.69, 9.17) is 19.3 Å². The van der Waals surface area contributed by atoms with E-state index >= 15 is 0 Å². The Morgan fingerprint density at radius 2 is 0.962 bits per heavy atom. The highest BCUT2D eigenvalue weighted by molar-refractivity contribution is 5.31. The van der Waals surface area contributed by atoms with Gasteiger partial charge in [-0.1, -0.05) is 103 Å². The first-order chi connectivity index (χ1) is 25.7. The fourth-order valence-electron chi connectivity index (χ4n) is 5.47. The second-order valence-electron chi connectivity index (χ2n) is 13.6. The van der Waals surface area contributed by atoms with Crippen molar-refractivity contribution in [1.29, 1.82) is 0 Å². The van der Waals surface area contributed by atoms with Crippen LogP contribution < -0.4 is 14.2 Å². The van der Waals surface area contributed by atoms with E-state index in [0.717, 1.165) is 99.7 Å². The van der Waals surface area contributed by atoms with E-state index in [1.165, 1.54) is 18.4 Å². The van der Waals surface area contributed by atoms with Gasteiger partial charge in [0.1, 0.15) is 30.5 Å². The van der Waals surface area contributed by atoms with E-state index in [9.17, 15) is 20.4 Å². The zero-order chi connectivity index (χ0) is 39.1. The third-order valence-electron chi connectivity index (χ3n) is 8.53. The van der Waals surface area contributed by atoms with Gasteiger partial charge >= 0.3 is 0 Å². The van der Waals surface area contributed by atoms with Crippen molar-refractivity contribution in [2.75, 3.05) is 26.4 Å². The van der Waals surface area contributed by atoms with Crippen molar-refractivity contribution in [2.24, 2.45) is 0 Å². The second-order valence-corrected chi connectivity index (χ2v) is 13.6. The summed E-state index contributed by atoms with van der Waals surface area (Å²) in [4.78, 5) is 0. The predicted molar refractivity (Wildman–Crippen MR) is 217 cm³/mol. The minimum atomic E-state index is -0.431. The Hall–Kier alpha value is -3.14. The molecule has 5 N–H and O–H groups in total. The average molecular weight is 741 g/mol. The van der Waals surface area contributed by atoms with Crippen molar-refractivity contribution in [3.8, 4) is 17.2 Å². The van der Waals surface area contributed by atoms with Crippen molar-refractivity contribution in [1.82, 2.24) is 0 Å². The van der Waals surface area contributed by atoms with Crippen LogP contribution in [0.15, 0.2) is 72.8 Å². The molecule has 3 aromatic carbocycles. The van der Waals surface area contributed by atoms with Crippen LogP contribution in [0.2, 0.25) is 0 Å². The molecular weight excluding hydrogens is 668 g/mol. The maximum absolute atomic E-state index is 9.90. The van der Waals surface area contributed by atoms with Crippen LogP contribution in [0.25, 0.3) is 0 Å². The number of unbranched alkanes of at least 4 members (excludes halogenated alkanes) is 3. The van der Waals surface area contributed by atoms with Crippen molar-refractivity contribution >= 4 is 0 Å². The van der Waals surface area contributed by atoms with Gasteiger partial charge in [-0.25, -0.2) is 0 Å². The molecular formula is C45H72O8. The van der Waals surface area contributed by atoms with Crippen molar-refractivity contribution < 1.29 is 39.7 Å². The number of benzene rings is 3. The van der Waals surface area contributed by atoms with Crippen LogP contribution in [0.3, 0.4) is 0 Å². The van der Waals surface area contributed by atoms with E-state index < -0.39 is 18.3 Å². The molecule has 4 unspecified atom stereocenters. The Morgan fingerprint density at radius 1 is 0.491 bits per heavy atom. The van der Waals surface area contributed by atoms with Gasteiger partial charge in [0.25, 0.3) is 0 Å². The molecule has 0 spiro atoms. The van der Waals surface area contributed by atoms with Gasteiger partial charge < -0.3 is 39.7 Å². The molecule has 0 radical (unpaired) electrons. The number of hydrogen-bond acceptors (Lipinski definition) is 8. The van der Waals surface area contributed by atoms with Gasteiger partial charge in [0.2, 0.25) is 0 Å². The molecule has 8 heteroatoms. The molecule has 0 saturated carbocycles. The fourth-order valence-corrected chi connectivity index (χ4v) is 5.47. The highest BCUT2D eigenvalue weighted by Crippen LogP contribution is 2.24. The summed E-state index contributed by atoms with van der Waals surface area (Å²) in [5.74, 6) is 2.39. The fraction of sp³-hybridized carbons (Fsp3) is 0.600. The Morgan fingerprint density at radius 3 is 1.43 bits per heavy atom. The zero-order valence-corrected chi connectivity index (χ0v) is 33.4. The van der Waals surface area contributed by atoms with E-state index in [-0.39, 0.29) is 12.7 Å².